The van der Waals surface area contributed by atoms with Gasteiger partial charge in [-0.15, -0.1) is 0 Å². The number of hydrogen-bond acceptors (Lipinski definition) is 2. The minimum Gasteiger partial charge on any atom is -0.267 e. The van der Waals surface area contributed by atoms with Crippen molar-refractivity contribution in [3.63, 3.8) is 0 Å². The summed E-state index contributed by atoms with van der Waals surface area (Å²) in [4.78, 5) is 11.7. The third-order valence-corrected chi connectivity index (χ3v) is 2.76. The number of carbonyl (C=O) groups is 1. The number of nitrogens with zero attached hydrogens (tertiary/aromatic N) is 1. The Kier molecular flexibility index (Phi) is 4.37. The quantitative estimate of drug-likeness (QED) is 0.684. The van der Waals surface area contributed by atoms with Gasteiger partial charge in [-0.05, 0) is 43.3 Å². The first-order valence-corrected chi connectivity index (χ1v) is 6.03. The number of benzene rings is 2. The van der Waals surface area contributed by atoms with Gasteiger partial charge in [0.2, 0.25) is 0 Å². The first-order valence-electron chi connectivity index (χ1n) is 6.03. The van der Waals surface area contributed by atoms with Gasteiger partial charge in [-0.3, -0.25) is 4.79 Å². The molecule has 0 spiro atoms. The van der Waals surface area contributed by atoms with E-state index in [1.807, 2.05) is 0 Å². The second-order valence-corrected chi connectivity index (χ2v) is 4.24. The molecule has 1 amide bonds. The van der Waals surface area contributed by atoms with Crippen molar-refractivity contribution in [2.45, 2.75) is 6.92 Å². The molecule has 108 valence electrons. The molecule has 0 aromatic heterocycles. The fourth-order valence-electron chi connectivity index (χ4n) is 1.70. The Morgan fingerprint density at radius 1 is 1.00 bits per heavy atom. The Balaban J connectivity index is 2.17. The predicted octanol–water partition coefficient (Wildman–Crippen LogP) is 3.26. The molecule has 0 radical (unpaired) electrons. The molecule has 2 aromatic rings. The summed E-state index contributed by atoms with van der Waals surface area (Å²) in [7, 11) is 0. The number of rotatable bonds is 3. The summed E-state index contributed by atoms with van der Waals surface area (Å²) in [5, 5.41) is 3.66. The van der Waals surface area contributed by atoms with Gasteiger partial charge in [-0.2, -0.15) is 5.10 Å². The van der Waals surface area contributed by atoms with Crippen LogP contribution in [0.2, 0.25) is 0 Å². The van der Waals surface area contributed by atoms with E-state index in [4.69, 9.17) is 0 Å². The van der Waals surface area contributed by atoms with E-state index in [2.05, 4.69) is 10.5 Å². The second kappa shape index (κ2) is 6.21. The highest BCUT2D eigenvalue weighted by Gasteiger charge is 2.12. The molecule has 0 aliphatic rings. The van der Waals surface area contributed by atoms with E-state index in [1.54, 1.807) is 0 Å². The fourth-order valence-corrected chi connectivity index (χ4v) is 1.70. The number of carbonyl (C=O) groups excluding carboxylic acids is 1. The number of amides is 1. The zero-order valence-corrected chi connectivity index (χ0v) is 11.0. The number of halogens is 3. The second-order valence-electron chi connectivity index (χ2n) is 4.24. The van der Waals surface area contributed by atoms with Crippen molar-refractivity contribution in [1.29, 1.82) is 0 Å². The Labute approximate surface area is 119 Å². The van der Waals surface area contributed by atoms with Crippen LogP contribution in [0.5, 0.6) is 0 Å². The van der Waals surface area contributed by atoms with E-state index in [9.17, 15) is 18.0 Å². The van der Waals surface area contributed by atoms with Gasteiger partial charge in [0.15, 0.2) is 0 Å². The van der Waals surface area contributed by atoms with Gasteiger partial charge in [-0.1, -0.05) is 6.07 Å². The monoisotopic (exact) mass is 292 g/mol. The van der Waals surface area contributed by atoms with Crippen LogP contribution in [0.1, 0.15) is 22.8 Å². The maximum Gasteiger partial charge on any atom is 0.271 e. The van der Waals surface area contributed by atoms with Crippen LogP contribution in [0.15, 0.2) is 47.6 Å². The van der Waals surface area contributed by atoms with Crippen LogP contribution in [0.3, 0.4) is 0 Å². The first kappa shape index (κ1) is 14.8. The summed E-state index contributed by atoms with van der Waals surface area (Å²) in [6.45, 7) is 1.37. The van der Waals surface area contributed by atoms with Crippen molar-refractivity contribution in [1.82, 2.24) is 5.43 Å². The Bertz CT molecular complexity index is 676. The lowest BCUT2D eigenvalue weighted by Gasteiger charge is -2.05. The van der Waals surface area contributed by atoms with Crippen molar-refractivity contribution in [3.05, 3.63) is 71.0 Å². The molecule has 0 saturated heterocycles. The maximum absolute atomic E-state index is 13.5. The van der Waals surface area contributed by atoms with Crippen molar-refractivity contribution in [2.24, 2.45) is 5.10 Å². The third-order valence-electron chi connectivity index (χ3n) is 2.76. The third kappa shape index (κ3) is 3.47. The molecule has 0 aliphatic heterocycles. The molecule has 0 saturated carbocycles. The van der Waals surface area contributed by atoms with Crippen LogP contribution in [0.4, 0.5) is 13.2 Å². The largest absolute Gasteiger partial charge is 0.271 e. The summed E-state index contributed by atoms with van der Waals surface area (Å²) in [5.74, 6) is -2.62. The molecule has 3 nitrogen and oxygen atoms in total. The molecule has 0 unspecified atom stereocenters. The van der Waals surface area contributed by atoms with E-state index in [0.717, 1.165) is 24.3 Å². The molecule has 0 atom stereocenters. The van der Waals surface area contributed by atoms with Crippen LogP contribution >= 0.6 is 0 Å². The number of hydrogen-bond donors (Lipinski definition) is 1. The summed E-state index contributed by atoms with van der Waals surface area (Å²) in [6, 6.07) is 8.24. The lowest BCUT2D eigenvalue weighted by Crippen LogP contribution is -2.20. The Morgan fingerprint density at radius 2 is 1.57 bits per heavy atom. The van der Waals surface area contributed by atoms with E-state index in [0.29, 0.717) is 0 Å². The number of nitrogens with one attached hydrogen (secondary N) is 1. The van der Waals surface area contributed by atoms with Gasteiger partial charge in [0.25, 0.3) is 5.91 Å². The minimum atomic E-state index is -0.771. The molecule has 0 bridgehead atoms. The topological polar surface area (TPSA) is 41.5 Å². The highest BCUT2D eigenvalue weighted by atomic mass is 19.1. The van der Waals surface area contributed by atoms with Gasteiger partial charge >= 0.3 is 0 Å². The van der Waals surface area contributed by atoms with Crippen molar-refractivity contribution in [2.75, 3.05) is 0 Å². The molecule has 0 heterocycles. The molecule has 21 heavy (non-hydrogen) atoms. The maximum atomic E-state index is 13.5. The average Bonchev–Trinajstić information content (AvgIpc) is 2.45. The van der Waals surface area contributed by atoms with Gasteiger partial charge in [-0.25, -0.2) is 18.6 Å². The molecule has 0 fully saturated rings. The lowest BCUT2D eigenvalue weighted by molar-refractivity contribution is 0.0954. The van der Waals surface area contributed by atoms with Gasteiger partial charge in [0, 0.05) is 5.56 Å². The van der Waals surface area contributed by atoms with Crippen molar-refractivity contribution >= 4 is 11.6 Å². The smallest absolute Gasteiger partial charge is 0.267 e. The van der Waals surface area contributed by atoms with Crippen LogP contribution in [0.25, 0.3) is 0 Å². The molecule has 6 heteroatoms. The summed E-state index contributed by atoms with van der Waals surface area (Å²) in [6.07, 6.45) is 0. The lowest BCUT2D eigenvalue weighted by atomic mass is 10.1. The minimum absolute atomic E-state index is 0.0129. The van der Waals surface area contributed by atoms with E-state index >= 15 is 0 Å². The normalized spacial score (nSPS) is 11.3. The van der Waals surface area contributed by atoms with Crippen LogP contribution in [0, 0.1) is 17.5 Å². The molecular weight excluding hydrogens is 281 g/mol. The average molecular weight is 292 g/mol. The Hall–Kier alpha value is -2.63. The van der Waals surface area contributed by atoms with Gasteiger partial charge in [0.05, 0.1) is 11.3 Å². The molecule has 0 aliphatic carbocycles. The first-order chi connectivity index (χ1) is 9.99. The van der Waals surface area contributed by atoms with Crippen molar-refractivity contribution < 1.29 is 18.0 Å². The molecular formula is C15H11F3N2O. The molecule has 2 aromatic carbocycles. The zero-order valence-electron chi connectivity index (χ0n) is 11.0. The van der Waals surface area contributed by atoms with E-state index in [1.165, 1.54) is 25.1 Å². The number of hydrazone groups is 1. The Morgan fingerprint density at radius 3 is 2.14 bits per heavy atom. The SMILES string of the molecule is C/C(=N/NC(=O)c1ccc(F)cc1)c1c(F)cccc1F. The standard InChI is InChI=1S/C15H11F3N2O/c1-9(14-12(17)3-2-4-13(14)18)19-20-15(21)10-5-7-11(16)8-6-10/h2-8H,1H3,(H,20,21)/b19-9-. The van der Waals surface area contributed by atoms with Crippen molar-refractivity contribution in [3.8, 4) is 0 Å². The highest BCUT2D eigenvalue weighted by Crippen LogP contribution is 2.13. The van der Waals surface area contributed by atoms with Crippen LogP contribution in [-0.2, 0) is 0 Å². The van der Waals surface area contributed by atoms with Gasteiger partial charge < -0.3 is 0 Å². The summed E-state index contributed by atoms with van der Waals surface area (Å²) < 4.78 is 39.8. The van der Waals surface area contributed by atoms with Gasteiger partial charge in [0.1, 0.15) is 17.5 Å². The van der Waals surface area contributed by atoms with Crippen LogP contribution < -0.4 is 5.43 Å². The van der Waals surface area contributed by atoms with Crippen LogP contribution in [-0.4, -0.2) is 11.6 Å². The predicted molar refractivity (Wildman–Crippen MR) is 72.4 cm³/mol. The summed E-state index contributed by atoms with van der Waals surface area (Å²) >= 11 is 0. The molecule has 2 rings (SSSR count). The zero-order chi connectivity index (χ0) is 15.4. The van der Waals surface area contributed by atoms with E-state index < -0.39 is 23.4 Å². The molecule has 1 N–H and O–H groups in total. The van der Waals surface area contributed by atoms with E-state index in [-0.39, 0.29) is 16.8 Å². The fraction of sp³-hybridized carbons (Fsp3) is 0.0667. The highest BCUT2D eigenvalue weighted by molar-refractivity contribution is 6.01. The summed E-state index contributed by atoms with van der Waals surface area (Å²) in [5.41, 5.74) is 2.03.